The number of hydrogen-bond acceptors (Lipinski definition) is 3. The van der Waals surface area contributed by atoms with Crippen LogP contribution in [0.3, 0.4) is 0 Å². The number of nitrogens with one attached hydrogen (secondary N) is 2. The molecule has 114 valence electrons. The van der Waals surface area contributed by atoms with Crippen LogP contribution in [0.4, 0.5) is 0 Å². The average molecular weight is 367 g/mol. The summed E-state index contributed by atoms with van der Waals surface area (Å²) in [6.45, 7) is 8.54. The van der Waals surface area contributed by atoms with Crippen LogP contribution in [0.25, 0.3) is 0 Å². The Morgan fingerprint density at radius 3 is 2.57 bits per heavy atom. The molecule has 0 radical (unpaired) electrons. The molecule has 0 saturated heterocycles. The van der Waals surface area contributed by atoms with Crippen LogP contribution in [0, 0.1) is 0 Å². The van der Waals surface area contributed by atoms with Crippen molar-refractivity contribution < 1.29 is 0 Å². The highest BCUT2D eigenvalue weighted by Gasteiger charge is 2.20. The van der Waals surface area contributed by atoms with Gasteiger partial charge in [-0.2, -0.15) is 0 Å². The van der Waals surface area contributed by atoms with Gasteiger partial charge in [0.05, 0.1) is 0 Å². The number of rotatable bonds is 7. The van der Waals surface area contributed by atoms with Crippen molar-refractivity contribution in [1.82, 2.24) is 10.6 Å². The van der Waals surface area contributed by atoms with Gasteiger partial charge < -0.3 is 10.6 Å². The Morgan fingerprint density at radius 1 is 1.24 bits per heavy atom. The fourth-order valence-corrected chi connectivity index (χ4v) is 3.83. The molecule has 1 atom stereocenters. The summed E-state index contributed by atoms with van der Waals surface area (Å²) in [5.41, 5.74) is 1.37. The molecule has 1 unspecified atom stereocenters. The van der Waals surface area contributed by atoms with Gasteiger partial charge in [-0.1, -0.05) is 30.3 Å². The maximum absolute atomic E-state index is 3.70. The quantitative estimate of drug-likeness (QED) is 0.739. The molecular weight excluding hydrogens is 344 g/mol. The van der Waals surface area contributed by atoms with Crippen molar-refractivity contribution in [3.8, 4) is 0 Å². The van der Waals surface area contributed by atoms with E-state index in [0.717, 1.165) is 13.1 Å². The summed E-state index contributed by atoms with van der Waals surface area (Å²) in [6.07, 6.45) is 0. The molecule has 2 aromatic rings. The molecule has 0 spiro atoms. The zero-order chi connectivity index (χ0) is 15.3. The van der Waals surface area contributed by atoms with Gasteiger partial charge in [0.2, 0.25) is 0 Å². The molecule has 0 amide bonds. The molecule has 1 aromatic carbocycles. The second kappa shape index (κ2) is 7.54. The standard InChI is InChI=1S/C17H23BrN2S/c1-13(14-7-5-4-6-8-14)20-17(2,3)12-19-10-16-9-15(18)11-21-16/h4-9,11,13,19-20H,10,12H2,1-3H3. The number of thiophene rings is 1. The average Bonchev–Trinajstić information content (AvgIpc) is 2.84. The molecule has 1 heterocycles. The first kappa shape index (κ1) is 16.7. The molecule has 4 heteroatoms. The molecule has 0 aliphatic heterocycles. The summed E-state index contributed by atoms with van der Waals surface area (Å²) in [5, 5.41) is 9.36. The normalized spacial score (nSPS) is 13.3. The van der Waals surface area contributed by atoms with Gasteiger partial charge >= 0.3 is 0 Å². The van der Waals surface area contributed by atoms with Crippen molar-refractivity contribution in [1.29, 1.82) is 0 Å². The summed E-state index contributed by atoms with van der Waals surface area (Å²) in [4.78, 5) is 1.36. The van der Waals surface area contributed by atoms with Crippen LogP contribution >= 0.6 is 27.3 Å². The van der Waals surface area contributed by atoms with Crippen molar-refractivity contribution in [2.75, 3.05) is 6.54 Å². The largest absolute Gasteiger partial charge is 0.310 e. The van der Waals surface area contributed by atoms with Crippen LogP contribution in [-0.4, -0.2) is 12.1 Å². The Balaban J connectivity index is 1.81. The van der Waals surface area contributed by atoms with E-state index >= 15 is 0 Å². The first-order valence-corrected chi connectivity index (χ1v) is 8.90. The molecular formula is C17H23BrN2S. The summed E-state index contributed by atoms with van der Waals surface area (Å²) in [6, 6.07) is 13.1. The van der Waals surface area contributed by atoms with Crippen LogP contribution in [0.15, 0.2) is 46.3 Å². The molecule has 1 aromatic heterocycles. The fraction of sp³-hybridized carbons (Fsp3) is 0.412. The van der Waals surface area contributed by atoms with Gasteiger partial charge in [-0.3, -0.25) is 0 Å². The molecule has 2 N–H and O–H groups in total. The van der Waals surface area contributed by atoms with Crippen molar-refractivity contribution in [3.05, 3.63) is 56.7 Å². The lowest BCUT2D eigenvalue weighted by atomic mass is 10.0. The van der Waals surface area contributed by atoms with Crippen LogP contribution in [0.5, 0.6) is 0 Å². The van der Waals surface area contributed by atoms with Crippen LogP contribution < -0.4 is 10.6 Å². The first-order valence-electron chi connectivity index (χ1n) is 7.22. The topological polar surface area (TPSA) is 24.1 Å². The SMILES string of the molecule is CC(NC(C)(C)CNCc1cc(Br)cs1)c1ccccc1. The molecule has 0 fully saturated rings. The molecule has 0 aliphatic carbocycles. The van der Waals surface area contributed by atoms with E-state index in [0.29, 0.717) is 6.04 Å². The van der Waals surface area contributed by atoms with E-state index in [1.165, 1.54) is 14.9 Å². The highest BCUT2D eigenvalue weighted by Crippen LogP contribution is 2.20. The zero-order valence-electron chi connectivity index (χ0n) is 12.8. The highest BCUT2D eigenvalue weighted by atomic mass is 79.9. The van der Waals surface area contributed by atoms with E-state index in [4.69, 9.17) is 0 Å². The minimum absolute atomic E-state index is 0.0454. The van der Waals surface area contributed by atoms with E-state index in [1.807, 2.05) is 0 Å². The van der Waals surface area contributed by atoms with Crippen molar-refractivity contribution in [2.24, 2.45) is 0 Å². The predicted octanol–water partition coefficient (Wildman–Crippen LogP) is 4.73. The van der Waals surface area contributed by atoms with Crippen LogP contribution in [0.2, 0.25) is 0 Å². The Morgan fingerprint density at radius 2 is 1.95 bits per heavy atom. The molecule has 0 aliphatic rings. The van der Waals surface area contributed by atoms with Crippen LogP contribution in [0.1, 0.15) is 37.3 Å². The van der Waals surface area contributed by atoms with Gasteiger partial charge in [0.15, 0.2) is 0 Å². The van der Waals surface area contributed by atoms with Gasteiger partial charge in [0.25, 0.3) is 0 Å². The summed E-state index contributed by atoms with van der Waals surface area (Å²) in [7, 11) is 0. The maximum atomic E-state index is 3.70. The smallest absolute Gasteiger partial charge is 0.0300 e. The molecule has 2 rings (SSSR count). The van der Waals surface area contributed by atoms with Gasteiger partial charge in [-0.25, -0.2) is 0 Å². The third-order valence-corrected chi connectivity index (χ3v) is 5.09. The van der Waals surface area contributed by atoms with E-state index in [9.17, 15) is 0 Å². The lowest BCUT2D eigenvalue weighted by molar-refractivity contribution is 0.330. The van der Waals surface area contributed by atoms with Crippen molar-refractivity contribution >= 4 is 27.3 Å². The monoisotopic (exact) mass is 366 g/mol. The minimum atomic E-state index is 0.0454. The Hall–Kier alpha value is -0.680. The Kier molecular flexibility index (Phi) is 5.99. The number of hydrogen-bond donors (Lipinski definition) is 2. The fourth-order valence-electron chi connectivity index (χ4n) is 2.41. The second-order valence-electron chi connectivity index (χ2n) is 6.00. The number of halogens is 1. The minimum Gasteiger partial charge on any atom is -0.310 e. The molecule has 2 nitrogen and oxygen atoms in total. The van der Waals surface area contributed by atoms with E-state index < -0.39 is 0 Å². The molecule has 21 heavy (non-hydrogen) atoms. The highest BCUT2D eigenvalue weighted by molar-refractivity contribution is 9.10. The lowest BCUT2D eigenvalue weighted by Crippen LogP contribution is -2.48. The second-order valence-corrected chi connectivity index (χ2v) is 7.91. The maximum Gasteiger partial charge on any atom is 0.0300 e. The van der Waals surface area contributed by atoms with Gasteiger partial charge in [-0.15, -0.1) is 11.3 Å². The molecule has 0 saturated carbocycles. The Bertz CT molecular complexity index is 551. The van der Waals surface area contributed by atoms with Gasteiger partial charge in [-0.05, 0) is 48.3 Å². The third-order valence-electron chi connectivity index (χ3n) is 3.39. The van der Waals surface area contributed by atoms with E-state index in [1.54, 1.807) is 11.3 Å². The summed E-state index contributed by atoms with van der Waals surface area (Å²) >= 11 is 5.27. The van der Waals surface area contributed by atoms with Gasteiger partial charge in [0.1, 0.15) is 0 Å². The predicted molar refractivity (Wildman–Crippen MR) is 95.8 cm³/mol. The number of benzene rings is 1. The Labute approximate surface area is 140 Å². The van der Waals surface area contributed by atoms with Gasteiger partial charge in [0, 0.05) is 39.4 Å². The summed E-state index contributed by atoms with van der Waals surface area (Å²) in [5.74, 6) is 0. The zero-order valence-corrected chi connectivity index (χ0v) is 15.2. The van der Waals surface area contributed by atoms with Crippen LogP contribution in [-0.2, 0) is 6.54 Å². The third kappa shape index (κ3) is 5.55. The summed E-state index contributed by atoms with van der Waals surface area (Å²) < 4.78 is 1.17. The lowest BCUT2D eigenvalue weighted by Gasteiger charge is -2.31. The molecule has 0 bridgehead atoms. The first-order chi connectivity index (χ1) is 9.96. The van der Waals surface area contributed by atoms with Crippen molar-refractivity contribution in [2.45, 2.75) is 38.9 Å². The van der Waals surface area contributed by atoms with Crippen molar-refractivity contribution in [3.63, 3.8) is 0 Å². The van der Waals surface area contributed by atoms with E-state index in [-0.39, 0.29) is 5.54 Å². The van der Waals surface area contributed by atoms with E-state index in [2.05, 4.69) is 89.1 Å².